The van der Waals surface area contributed by atoms with Crippen LogP contribution in [0.5, 0.6) is 0 Å². The Morgan fingerprint density at radius 3 is 2.44 bits per heavy atom. The fourth-order valence-electron chi connectivity index (χ4n) is 1.44. The molecule has 0 unspecified atom stereocenters. The average Bonchev–Trinajstić information content (AvgIpc) is 2.13. The predicted octanol–water partition coefficient (Wildman–Crippen LogP) is 2.04. The molecule has 0 atom stereocenters. The monoisotopic (exact) mass is 242 g/mol. The Balaban J connectivity index is 3.03. The Morgan fingerprint density at radius 1 is 1.25 bits per heavy atom. The molecule has 0 saturated heterocycles. The highest BCUT2D eigenvalue weighted by atomic mass is 32.2. The van der Waals surface area contributed by atoms with Gasteiger partial charge in [0.25, 0.3) is 0 Å². The Bertz CT molecular complexity index is 481. The van der Waals surface area contributed by atoms with Crippen LogP contribution in [-0.4, -0.2) is 14.2 Å². The second-order valence-electron chi connectivity index (χ2n) is 3.94. The molecule has 1 aromatic rings. The van der Waals surface area contributed by atoms with Gasteiger partial charge in [0, 0.05) is 5.69 Å². The number of nitrogens with one attached hydrogen (secondary N) is 1. The summed E-state index contributed by atoms with van der Waals surface area (Å²) < 4.78 is 25.8. The van der Waals surface area contributed by atoms with Crippen LogP contribution in [-0.2, 0) is 10.0 Å². The minimum Gasteiger partial charge on any atom is -0.399 e. The number of hydrogen-bond donors (Lipinski definition) is 2. The second-order valence-corrected chi connectivity index (χ2v) is 5.79. The van der Waals surface area contributed by atoms with Gasteiger partial charge in [0.1, 0.15) is 0 Å². The lowest BCUT2D eigenvalue weighted by Gasteiger charge is -2.12. The zero-order valence-electron chi connectivity index (χ0n) is 9.87. The summed E-state index contributed by atoms with van der Waals surface area (Å²) in [7, 11) is -3.23. The van der Waals surface area contributed by atoms with E-state index in [0.717, 1.165) is 11.1 Å². The van der Waals surface area contributed by atoms with Crippen molar-refractivity contribution in [2.45, 2.75) is 27.2 Å². The molecule has 0 spiro atoms. The van der Waals surface area contributed by atoms with Crippen LogP contribution in [0.15, 0.2) is 12.1 Å². The fourth-order valence-corrected chi connectivity index (χ4v) is 2.63. The van der Waals surface area contributed by atoms with E-state index >= 15 is 0 Å². The molecule has 0 heterocycles. The van der Waals surface area contributed by atoms with E-state index in [2.05, 4.69) is 4.72 Å². The molecule has 4 nitrogen and oxygen atoms in total. The molecular weight excluding hydrogens is 224 g/mol. The van der Waals surface area contributed by atoms with Crippen LogP contribution in [0, 0.1) is 13.8 Å². The van der Waals surface area contributed by atoms with E-state index in [1.165, 1.54) is 0 Å². The molecule has 0 aliphatic carbocycles. The van der Waals surface area contributed by atoms with E-state index in [9.17, 15) is 8.42 Å². The summed E-state index contributed by atoms with van der Waals surface area (Å²) in [4.78, 5) is 0. The van der Waals surface area contributed by atoms with Crippen LogP contribution in [0.1, 0.15) is 24.5 Å². The van der Waals surface area contributed by atoms with Gasteiger partial charge in [-0.1, -0.05) is 6.92 Å². The van der Waals surface area contributed by atoms with Gasteiger partial charge in [0.05, 0.1) is 11.4 Å². The van der Waals surface area contributed by atoms with Gasteiger partial charge in [-0.15, -0.1) is 0 Å². The van der Waals surface area contributed by atoms with Gasteiger partial charge >= 0.3 is 0 Å². The van der Waals surface area contributed by atoms with Crippen LogP contribution in [0.2, 0.25) is 0 Å². The van der Waals surface area contributed by atoms with Crippen LogP contribution in [0.3, 0.4) is 0 Å². The van der Waals surface area contributed by atoms with Crippen LogP contribution in [0.4, 0.5) is 11.4 Å². The third kappa shape index (κ3) is 3.13. The van der Waals surface area contributed by atoms with Gasteiger partial charge < -0.3 is 5.73 Å². The highest BCUT2D eigenvalue weighted by Crippen LogP contribution is 2.23. The molecule has 0 aliphatic heterocycles. The Morgan fingerprint density at radius 2 is 1.88 bits per heavy atom. The number of anilines is 2. The van der Waals surface area contributed by atoms with Crippen molar-refractivity contribution in [1.82, 2.24) is 0 Å². The minimum atomic E-state index is -3.23. The maximum absolute atomic E-state index is 11.6. The van der Waals surface area contributed by atoms with Crippen molar-refractivity contribution < 1.29 is 8.42 Å². The molecule has 5 heteroatoms. The Labute approximate surface area is 96.9 Å². The molecule has 90 valence electrons. The van der Waals surface area contributed by atoms with Crippen molar-refractivity contribution in [2.24, 2.45) is 0 Å². The molecule has 1 rings (SSSR count). The maximum atomic E-state index is 11.6. The predicted molar refractivity (Wildman–Crippen MR) is 68.0 cm³/mol. The summed E-state index contributed by atoms with van der Waals surface area (Å²) in [5.41, 5.74) is 8.73. The zero-order valence-corrected chi connectivity index (χ0v) is 10.7. The van der Waals surface area contributed by atoms with E-state index < -0.39 is 10.0 Å². The molecule has 0 aliphatic rings. The summed E-state index contributed by atoms with van der Waals surface area (Å²) >= 11 is 0. The van der Waals surface area contributed by atoms with Crippen LogP contribution in [0.25, 0.3) is 0 Å². The first kappa shape index (κ1) is 12.8. The highest BCUT2D eigenvalue weighted by molar-refractivity contribution is 7.92. The Kier molecular flexibility index (Phi) is 3.80. The average molecular weight is 242 g/mol. The smallest absolute Gasteiger partial charge is 0.232 e. The largest absolute Gasteiger partial charge is 0.399 e. The third-order valence-electron chi connectivity index (χ3n) is 2.35. The number of benzene rings is 1. The van der Waals surface area contributed by atoms with E-state index in [4.69, 9.17) is 5.73 Å². The molecule has 0 saturated carbocycles. The molecular formula is C11H18N2O2S. The van der Waals surface area contributed by atoms with Crippen molar-refractivity contribution in [3.8, 4) is 0 Å². The standard InChI is InChI=1S/C11H18N2O2S/c1-4-5-16(14,15)13-11-7-8(2)10(12)6-9(11)3/h6-7,13H,4-5,12H2,1-3H3. The molecule has 1 aromatic carbocycles. The second kappa shape index (κ2) is 4.74. The van der Waals surface area contributed by atoms with Crippen molar-refractivity contribution >= 4 is 21.4 Å². The van der Waals surface area contributed by atoms with E-state index in [1.807, 2.05) is 20.8 Å². The van der Waals surface area contributed by atoms with E-state index in [1.54, 1.807) is 12.1 Å². The maximum Gasteiger partial charge on any atom is 0.232 e. The number of nitrogens with two attached hydrogens (primary N) is 1. The summed E-state index contributed by atoms with van der Waals surface area (Å²) in [5, 5.41) is 0. The molecule has 0 amide bonds. The fraction of sp³-hybridized carbons (Fsp3) is 0.455. The van der Waals surface area contributed by atoms with Gasteiger partial charge in [-0.05, 0) is 43.5 Å². The number of rotatable bonds is 4. The molecule has 0 fully saturated rings. The number of hydrogen-bond acceptors (Lipinski definition) is 3. The SMILES string of the molecule is CCCS(=O)(=O)Nc1cc(C)c(N)cc1C. The molecule has 0 aromatic heterocycles. The lowest BCUT2D eigenvalue weighted by Crippen LogP contribution is -2.17. The van der Waals surface area contributed by atoms with Crippen LogP contribution >= 0.6 is 0 Å². The van der Waals surface area contributed by atoms with Gasteiger partial charge in [-0.25, -0.2) is 8.42 Å². The van der Waals surface area contributed by atoms with E-state index in [-0.39, 0.29) is 5.75 Å². The topological polar surface area (TPSA) is 72.2 Å². The molecule has 0 bridgehead atoms. The summed E-state index contributed by atoms with van der Waals surface area (Å²) in [5.74, 6) is 0.135. The van der Waals surface area contributed by atoms with Crippen molar-refractivity contribution in [3.63, 3.8) is 0 Å². The number of sulfonamides is 1. The molecule has 16 heavy (non-hydrogen) atoms. The van der Waals surface area contributed by atoms with Gasteiger partial charge in [0.2, 0.25) is 10.0 Å². The van der Waals surface area contributed by atoms with Crippen LogP contribution < -0.4 is 10.5 Å². The van der Waals surface area contributed by atoms with Crippen molar-refractivity contribution in [3.05, 3.63) is 23.3 Å². The first-order chi connectivity index (χ1) is 7.35. The minimum absolute atomic E-state index is 0.135. The van der Waals surface area contributed by atoms with Crippen molar-refractivity contribution in [2.75, 3.05) is 16.2 Å². The summed E-state index contributed by atoms with van der Waals surface area (Å²) in [6, 6.07) is 3.54. The first-order valence-corrected chi connectivity index (χ1v) is 6.88. The zero-order chi connectivity index (χ0) is 12.3. The quantitative estimate of drug-likeness (QED) is 0.794. The van der Waals surface area contributed by atoms with E-state index in [0.29, 0.717) is 17.8 Å². The van der Waals surface area contributed by atoms with Gasteiger partial charge in [-0.3, -0.25) is 4.72 Å². The lowest BCUT2D eigenvalue weighted by atomic mass is 10.1. The number of nitrogen functional groups attached to an aromatic ring is 1. The third-order valence-corrected chi connectivity index (χ3v) is 3.83. The summed E-state index contributed by atoms with van der Waals surface area (Å²) in [6.07, 6.45) is 0.600. The first-order valence-electron chi connectivity index (χ1n) is 5.23. The van der Waals surface area contributed by atoms with Crippen molar-refractivity contribution in [1.29, 1.82) is 0 Å². The summed E-state index contributed by atoms with van der Waals surface area (Å²) in [6.45, 7) is 5.52. The molecule has 0 radical (unpaired) electrons. The lowest BCUT2D eigenvalue weighted by molar-refractivity contribution is 0.600. The molecule has 3 N–H and O–H groups in total. The highest BCUT2D eigenvalue weighted by Gasteiger charge is 2.11. The Hall–Kier alpha value is -1.23. The van der Waals surface area contributed by atoms with Gasteiger partial charge in [0.15, 0.2) is 0 Å². The normalized spacial score (nSPS) is 11.4. The van der Waals surface area contributed by atoms with Gasteiger partial charge in [-0.2, -0.15) is 0 Å². The number of aryl methyl sites for hydroxylation is 2.